The fraction of sp³-hybridized carbons (Fsp3) is 0.318. The van der Waals surface area contributed by atoms with Crippen molar-refractivity contribution in [3.8, 4) is 0 Å². The molecule has 0 N–H and O–H groups in total. The highest BCUT2D eigenvalue weighted by atomic mass is 16.5. The lowest BCUT2D eigenvalue weighted by Crippen LogP contribution is -2.36. The molecule has 28 heavy (non-hydrogen) atoms. The Bertz CT molecular complexity index is 863. The van der Waals surface area contributed by atoms with E-state index < -0.39 is 5.97 Å². The molecule has 0 aromatic heterocycles. The second kappa shape index (κ2) is 9.69. The Balaban J connectivity index is 2.16. The number of hydrogen-bond acceptors (Lipinski definition) is 4. The van der Waals surface area contributed by atoms with E-state index in [1.165, 1.54) is 18.9 Å². The highest BCUT2D eigenvalue weighted by Crippen LogP contribution is 2.20. The molecular weight excluding hydrogens is 356 g/mol. The van der Waals surface area contributed by atoms with Gasteiger partial charge in [0.15, 0.2) is 0 Å². The predicted octanol–water partition coefficient (Wildman–Crippen LogP) is 3.58. The van der Waals surface area contributed by atoms with Crippen molar-refractivity contribution in [1.82, 2.24) is 0 Å². The van der Waals surface area contributed by atoms with Crippen molar-refractivity contribution in [3.05, 3.63) is 59.7 Å². The topological polar surface area (TPSA) is 66.9 Å². The molecular formula is C22H26N2O4. The summed E-state index contributed by atoms with van der Waals surface area (Å²) in [5, 5.41) is 0. The quantitative estimate of drug-likeness (QED) is 0.687. The minimum Gasteiger partial charge on any atom is -0.465 e. The number of aryl methyl sites for hydroxylation is 1. The third-order valence-electron chi connectivity index (χ3n) is 4.44. The van der Waals surface area contributed by atoms with Gasteiger partial charge in [-0.05, 0) is 49.7 Å². The average Bonchev–Trinajstić information content (AvgIpc) is 2.68. The maximum atomic E-state index is 12.8. The number of amides is 2. The summed E-state index contributed by atoms with van der Waals surface area (Å²) in [6, 6.07) is 14.4. The van der Waals surface area contributed by atoms with Gasteiger partial charge in [-0.25, -0.2) is 4.79 Å². The van der Waals surface area contributed by atoms with E-state index in [0.717, 1.165) is 11.3 Å². The van der Waals surface area contributed by atoms with Crippen LogP contribution in [0.3, 0.4) is 0 Å². The van der Waals surface area contributed by atoms with E-state index in [0.29, 0.717) is 17.8 Å². The molecule has 148 valence electrons. The van der Waals surface area contributed by atoms with Crippen LogP contribution in [0.5, 0.6) is 0 Å². The lowest BCUT2D eigenvalue weighted by atomic mass is 10.1. The molecule has 2 rings (SSSR count). The van der Waals surface area contributed by atoms with Crippen LogP contribution in [0.4, 0.5) is 11.4 Å². The molecule has 0 saturated carbocycles. The lowest BCUT2D eigenvalue weighted by Gasteiger charge is -2.25. The van der Waals surface area contributed by atoms with E-state index in [2.05, 4.69) is 0 Å². The molecule has 0 atom stereocenters. The van der Waals surface area contributed by atoms with Gasteiger partial charge >= 0.3 is 5.97 Å². The Kier molecular flexibility index (Phi) is 7.32. The molecule has 0 unspecified atom stereocenters. The van der Waals surface area contributed by atoms with E-state index in [1.54, 1.807) is 29.2 Å². The van der Waals surface area contributed by atoms with Crippen LogP contribution in [0.1, 0.15) is 36.2 Å². The number of carbonyl (C=O) groups excluding carboxylic acids is 3. The zero-order chi connectivity index (χ0) is 20.7. The average molecular weight is 382 g/mol. The van der Waals surface area contributed by atoms with Crippen molar-refractivity contribution in [1.29, 1.82) is 0 Å². The van der Waals surface area contributed by atoms with E-state index in [1.807, 2.05) is 38.1 Å². The Labute approximate surface area is 165 Å². The number of nitrogens with zero attached hydrogens (tertiary/aromatic N) is 2. The number of esters is 1. The summed E-state index contributed by atoms with van der Waals surface area (Å²) >= 11 is 0. The van der Waals surface area contributed by atoms with Gasteiger partial charge in [-0.1, -0.05) is 18.2 Å². The maximum Gasteiger partial charge on any atom is 0.337 e. The number of anilines is 2. The minimum absolute atomic E-state index is 0.0662. The van der Waals surface area contributed by atoms with Crippen LogP contribution in [0, 0.1) is 6.92 Å². The number of hydrogen-bond donors (Lipinski definition) is 0. The largest absolute Gasteiger partial charge is 0.465 e. The van der Waals surface area contributed by atoms with Gasteiger partial charge in [0.05, 0.1) is 12.7 Å². The van der Waals surface area contributed by atoms with Gasteiger partial charge in [-0.3, -0.25) is 9.59 Å². The standard InChI is InChI=1S/C22H26N2O4/c1-5-23(19-10-6-8-16(2)14-19)21(26)12-13-24(17(3)25)20-11-7-9-18(15-20)22(27)28-4/h6-11,14-15H,5,12-13H2,1-4H3. The molecule has 0 saturated heterocycles. The van der Waals surface area contributed by atoms with Crippen LogP contribution in [0.25, 0.3) is 0 Å². The Morgan fingerprint density at radius 1 is 0.964 bits per heavy atom. The van der Waals surface area contributed by atoms with Gasteiger partial charge in [-0.15, -0.1) is 0 Å². The third-order valence-corrected chi connectivity index (χ3v) is 4.44. The van der Waals surface area contributed by atoms with Crippen molar-refractivity contribution in [2.45, 2.75) is 27.2 Å². The summed E-state index contributed by atoms with van der Waals surface area (Å²) in [6.07, 6.45) is 0.170. The first-order chi connectivity index (χ1) is 13.4. The summed E-state index contributed by atoms with van der Waals surface area (Å²) in [7, 11) is 1.31. The monoisotopic (exact) mass is 382 g/mol. The first kappa shape index (κ1) is 21.2. The van der Waals surface area contributed by atoms with Crippen LogP contribution in [-0.2, 0) is 14.3 Å². The highest BCUT2D eigenvalue weighted by molar-refractivity contribution is 5.97. The molecule has 6 heteroatoms. The van der Waals surface area contributed by atoms with E-state index in [-0.39, 0.29) is 24.8 Å². The molecule has 2 amide bonds. The second-order valence-corrected chi connectivity index (χ2v) is 6.44. The molecule has 0 spiro atoms. The molecule has 0 aliphatic heterocycles. The summed E-state index contributed by atoms with van der Waals surface area (Å²) in [5.74, 6) is -0.741. The van der Waals surface area contributed by atoms with Gasteiger partial charge in [0.1, 0.15) is 0 Å². The van der Waals surface area contributed by atoms with Gasteiger partial charge in [0, 0.05) is 37.8 Å². The lowest BCUT2D eigenvalue weighted by molar-refractivity contribution is -0.118. The molecule has 0 radical (unpaired) electrons. The third kappa shape index (κ3) is 5.19. The maximum absolute atomic E-state index is 12.8. The first-order valence-corrected chi connectivity index (χ1v) is 9.21. The number of rotatable bonds is 7. The summed E-state index contributed by atoms with van der Waals surface area (Å²) in [4.78, 5) is 39.9. The minimum atomic E-state index is -0.474. The summed E-state index contributed by atoms with van der Waals surface area (Å²) in [6.45, 7) is 6.10. The number of carbonyl (C=O) groups is 3. The molecule has 0 aliphatic rings. The number of ether oxygens (including phenoxy) is 1. The molecule has 2 aromatic rings. The normalized spacial score (nSPS) is 10.3. The van der Waals surface area contributed by atoms with Crippen molar-refractivity contribution in [2.75, 3.05) is 30.0 Å². The van der Waals surface area contributed by atoms with Crippen molar-refractivity contribution in [3.63, 3.8) is 0 Å². The van der Waals surface area contributed by atoms with Crippen molar-refractivity contribution in [2.24, 2.45) is 0 Å². The van der Waals surface area contributed by atoms with Gasteiger partial charge < -0.3 is 14.5 Å². The summed E-state index contributed by atoms with van der Waals surface area (Å²) in [5.41, 5.74) is 2.83. The second-order valence-electron chi connectivity index (χ2n) is 6.44. The van der Waals surface area contributed by atoms with Crippen LogP contribution < -0.4 is 9.80 Å². The zero-order valence-corrected chi connectivity index (χ0v) is 16.8. The fourth-order valence-electron chi connectivity index (χ4n) is 3.03. The fourth-order valence-corrected chi connectivity index (χ4v) is 3.03. The van der Waals surface area contributed by atoms with E-state index in [4.69, 9.17) is 4.74 Å². The molecule has 0 aliphatic carbocycles. The molecule has 6 nitrogen and oxygen atoms in total. The van der Waals surface area contributed by atoms with Gasteiger partial charge in [0.25, 0.3) is 0 Å². The SMILES string of the molecule is CCN(C(=O)CCN(C(C)=O)c1cccc(C(=O)OC)c1)c1cccc(C)c1. The highest BCUT2D eigenvalue weighted by Gasteiger charge is 2.19. The van der Waals surface area contributed by atoms with E-state index >= 15 is 0 Å². The molecule has 0 fully saturated rings. The Morgan fingerprint density at radius 3 is 2.18 bits per heavy atom. The van der Waals surface area contributed by atoms with Crippen LogP contribution in [0.2, 0.25) is 0 Å². The smallest absolute Gasteiger partial charge is 0.337 e. The number of benzene rings is 2. The van der Waals surface area contributed by atoms with Crippen molar-refractivity contribution < 1.29 is 19.1 Å². The zero-order valence-electron chi connectivity index (χ0n) is 16.8. The van der Waals surface area contributed by atoms with Crippen molar-refractivity contribution >= 4 is 29.2 Å². The van der Waals surface area contributed by atoms with Gasteiger partial charge in [-0.2, -0.15) is 0 Å². The summed E-state index contributed by atoms with van der Waals surface area (Å²) < 4.78 is 4.73. The van der Waals surface area contributed by atoms with E-state index in [9.17, 15) is 14.4 Å². The first-order valence-electron chi connectivity index (χ1n) is 9.21. The molecule has 0 bridgehead atoms. The van der Waals surface area contributed by atoms with Crippen LogP contribution in [0.15, 0.2) is 48.5 Å². The Hall–Kier alpha value is -3.15. The Morgan fingerprint density at radius 2 is 1.61 bits per heavy atom. The van der Waals surface area contributed by atoms with Crippen LogP contribution in [-0.4, -0.2) is 38.0 Å². The predicted molar refractivity (Wildman–Crippen MR) is 110 cm³/mol. The number of methoxy groups -OCH3 is 1. The molecule has 0 heterocycles. The molecule has 2 aromatic carbocycles. The van der Waals surface area contributed by atoms with Gasteiger partial charge in [0.2, 0.25) is 11.8 Å². The van der Waals surface area contributed by atoms with Crippen LogP contribution >= 0.6 is 0 Å².